The molecule has 4 atom stereocenters. The van der Waals surface area contributed by atoms with Crippen molar-refractivity contribution in [2.75, 3.05) is 0 Å². The Morgan fingerprint density at radius 1 is 1.11 bits per heavy atom. The highest BCUT2D eigenvalue weighted by atomic mass is 32.2. The maximum absolute atomic E-state index is 10.8. The average Bonchev–Trinajstić information content (AvgIpc) is 2.34. The molecule has 0 amide bonds. The predicted molar refractivity (Wildman–Crippen MR) is 67.0 cm³/mol. The summed E-state index contributed by atoms with van der Waals surface area (Å²) in [5, 5.41) is 0. The van der Waals surface area contributed by atoms with Crippen molar-refractivity contribution >= 4 is 22.7 Å². The fourth-order valence-electron chi connectivity index (χ4n) is 1.50. The van der Waals surface area contributed by atoms with Gasteiger partial charge in [0.1, 0.15) is 12.2 Å². The van der Waals surface area contributed by atoms with E-state index in [4.69, 9.17) is 17.5 Å². The molecule has 0 aliphatic carbocycles. The summed E-state index contributed by atoms with van der Waals surface area (Å²) in [5.41, 5.74) is 0.595. The van der Waals surface area contributed by atoms with Crippen LogP contribution < -0.4 is 0 Å². The largest absolute Gasteiger partial charge is 0.302 e. The van der Waals surface area contributed by atoms with E-state index in [1.807, 2.05) is 0 Å². The topological polar surface area (TPSA) is 93.1 Å². The minimum Gasteiger partial charge on any atom is -0.284 e. The lowest BCUT2D eigenvalue weighted by Gasteiger charge is -2.23. The molecular formula is C10H14O6S2. The summed E-state index contributed by atoms with van der Waals surface area (Å²) in [6.45, 7) is 1.72. The van der Waals surface area contributed by atoms with E-state index >= 15 is 0 Å². The van der Waals surface area contributed by atoms with Gasteiger partial charge in [-0.2, -0.15) is 8.42 Å². The number of rotatable bonds is 7. The SMILES string of the molecule is CCC(OS(=O)O)C(OS(=O)O)c1ccccc1. The van der Waals surface area contributed by atoms with E-state index in [-0.39, 0.29) is 0 Å². The van der Waals surface area contributed by atoms with Crippen LogP contribution in [0.5, 0.6) is 0 Å². The first-order valence-corrected chi connectivity index (χ1v) is 7.21. The van der Waals surface area contributed by atoms with Crippen molar-refractivity contribution in [3.05, 3.63) is 35.9 Å². The first-order valence-electron chi connectivity index (χ1n) is 5.15. The summed E-state index contributed by atoms with van der Waals surface area (Å²) in [6, 6.07) is 8.61. The lowest BCUT2D eigenvalue weighted by Crippen LogP contribution is -2.25. The van der Waals surface area contributed by atoms with Gasteiger partial charge in [0.05, 0.1) is 0 Å². The molecule has 1 aromatic rings. The molecule has 0 radical (unpaired) electrons. The van der Waals surface area contributed by atoms with Crippen LogP contribution in [0.25, 0.3) is 0 Å². The van der Waals surface area contributed by atoms with Gasteiger partial charge in [-0.1, -0.05) is 37.3 Å². The van der Waals surface area contributed by atoms with Crippen molar-refractivity contribution in [2.45, 2.75) is 25.6 Å². The Bertz CT molecular complexity index is 410. The van der Waals surface area contributed by atoms with Crippen LogP contribution in [0, 0.1) is 0 Å². The molecule has 0 saturated carbocycles. The van der Waals surface area contributed by atoms with Crippen LogP contribution in [0.4, 0.5) is 0 Å². The molecule has 0 heterocycles. The molecule has 18 heavy (non-hydrogen) atoms. The van der Waals surface area contributed by atoms with Crippen molar-refractivity contribution in [1.82, 2.24) is 0 Å². The van der Waals surface area contributed by atoms with Crippen LogP contribution in [-0.4, -0.2) is 23.6 Å². The smallest absolute Gasteiger partial charge is 0.284 e. The van der Waals surface area contributed by atoms with Gasteiger partial charge in [-0.05, 0) is 12.0 Å². The molecule has 8 heteroatoms. The van der Waals surface area contributed by atoms with Gasteiger partial charge in [0.25, 0.3) is 0 Å². The van der Waals surface area contributed by atoms with Crippen LogP contribution >= 0.6 is 0 Å². The highest BCUT2D eigenvalue weighted by Gasteiger charge is 2.27. The Kier molecular flexibility index (Phi) is 6.61. The van der Waals surface area contributed by atoms with E-state index in [0.29, 0.717) is 12.0 Å². The fourth-order valence-corrected chi connectivity index (χ4v) is 2.36. The zero-order valence-corrected chi connectivity index (χ0v) is 11.2. The van der Waals surface area contributed by atoms with Gasteiger partial charge in [0.2, 0.25) is 0 Å². The van der Waals surface area contributed by atoms with Crippen LogP contribution in [0.1, 0.15) is 25.0 Å². The Balaban J connectivity index is 2.96. The number of hydrogen-bond acceptors (Lipinski definition) is 4. The molecule has 0 aromatic heterocycles. The van der Waals surface area contributed by atoms with Crippen molar-refractivity contribution in [1.29, 1.82) is 0 Å². The first-order chi connectivity index (χ1) is 8.54. The van der Waals surface area contributed by atoms with Crippen LogP contribution in [-0.2, 0) is 31.1 Å². The van der Waals surface area contributed by atoms with E-state index in [2.05, 4.69) is 0 Å². The fraction of sp³-hybridized carbons (Fsp3) is 0.400. The summed E-state index contributed by atoms with van der Waals surface area (Å²) >= 11 is -4.96. The standard InChI is InChI=1S/C10H14O6S2/c1-2-9(15-17(11)12)10(16-18(13)14)8-6-4-3-5-7-8/h3-7,9-10H,2H2,1H3,(H,11,12)(H,13,14). The van der Waals surface area contributed by atoms with Crippen molar-refractivity contribution < 1.29 is 25.9 Å². The van der Waals surface area contributed by atoms with E-state index in [1.54, 1.807) is 37.3 Å². The van der Waals surface area contributed by atoms with E-state index in [9.17, 15) is 8.42 Å². The highest BCUT2D eigenvalue weighted by molar-refractivity contribution is 7.74. The maximum atomic E-state index is 10.8. The molecule has 0 fully saturated rings. The minimum atomic E-state index is -2.49. The second-order valence-corrected chi connectivity index (χ2v) is 4.66. The molecule has 0 spiro atoms. The predicted octanol–water partition coefficient (Wildman–Crippen LogP) is 1.81. The Morgan fingerprint density at radius 3 is 2.11 bits per heavy atom. The molecule has 0 aliphatic heterocycles. The first kappa shape index (κ1) is 15.4. The van der Waals surface area contributed by atoms with Gasteiger partial charge in [-0.15, -0.1) is 0 Å². The van der Waals surface area contributed by atoms with Crippen LogP contribution in [0.3, 0.4) is 0 Å². The van der Waals surface area contributed by atoms with Gasteiger partial charge in [-0.3, -0.25) is 17.5 Å². The number of benzene rings is 1. The van der Waals surface area contributed by atoms with Crippen molar-refractivity contribution in [3.63, 3.8) is 0 Å². The van der Waals surface area contributed by atoms with Gasteiger partial charge in [-0.25, -0.2) is 0 Å². The number of hydrogen-bond donors (Lipinski definition) is 2. The second-order valence-electron chi connectivity index (χ2n) is 3.40. The Morgan fingerprint density at radius 2 is 1.67 bits per heavy atom. The molecule has 102 valence electrons. The molecule has 2 N–H and O–H groups in total. The van der Waals surface area contributed by atoms with E-state index in [0.717, 1.165) is 0 Å². The molecule has 1 rings (SSSR count). The van der Waals surface area contributed by atoms with Crippen molar-refractivity contribution in [2.24, 2.45) is 0 Å². The second kappa shape index (κ2) is 7.72. The molecule has 0 aliphatic rings. The van der Waals surface area contributed by atoms with Crippen molar-refractivity contribution in [3.8, 4) is 0 Å². The third kappa shape index (κ3) is 4.92. The summed E-state index contributed by atoms with van der Waals surface area (Å²) in [5.74, 6) is 0. The lowest BCUT2D eigenvalue weighted by atomic mass is 10.0. The van der Waals surface area contributed by atoms with E-state index in [1.165, 1.54) is 0 Å². The monoisotopic (exact) mass is 294 g/mol. The molecule has 1 aromatic carbocycles. The van der Waals surface area contributed by atoms with Gasteiger partial charge < -0.3 is 0 Å². The molecule has 0 saturated heterocycles. The van der Waals surface area contributed by atoms with E-state index < -0.39 is 34.9 Å². The zero-order valence-electron chi connectivity index (χ0n) is 9.59. The Hall–Kier alpha value is -0.640. The zero-order chi connectivity index (χ0) is 13.5. The van der Waals surface area contributed by atoms with Crippen LogP contribution in [0.2, 0.25) is 0 Å². The third-order valence-electron chi connectivity index (χ3n) is 2.26. The molecular weight excluding hydrogens is 280 g/mol. The summed E-state index contributed by atoms with van der Waals surface area (Å²) < 4.78 is 48.6. The van der Waals surface area contributed by atoms with Gasteiger partial charge in [0, 0.05) is 0 Å². The maximum Gasteiger partial charge on any atom is 0.302 e. The molecule has 0 bridgehead atoms. The summed E-state index contributed by atoms with van der Waals surface area (Å²) in [4.78, 5) is 0. The Labute approximate surface area is 110 Å². The lowest BCUT2D eigenvalue weighted by molar-refractivity contribution is 0.0569. The molecule has 4 unspecified atom stereocenters. The average molecular weight is 294 g/mol. The summed E-state index contributed by atoms with van der Waals surface area (Å²) in [6.07, 6.45) is -1.34. The third-order valence-corrected chi connectivity index (χ3v) is 3.04. The molecule has 6 nitrogen and oxygen atoms in total. The quantitative estimate of drug-likeness (QED) is 0.745. The highest BCUT2D eigenvalue weighted by Crippen LogP contribution is 2.26. The van der Waals surface area contributed by atoms with Gasteiger partial charge in [0.15, 0.2) is 0 Å². The minimum absolute atomic E-state index is 0.350. The summed E-state index contributed by atoms with van der Waals surface area (Å²) in [7, 11) is 0. The van der Waals surface area contributed by atoms with Crippen LogP contribution in [0.15, 0.2) is 30.3 Å². The van der Waals surface area contributed by atoms with Gasteiger partial charge >= 0.3 is 22.7 Å². The normalized spacial score (nSPS) is 17.9.